The zero-order valence-electron chi connectivity index (χ0n) is 42.3. The molecule has 24 heteroatoms. The number of esters is 3. The second-order valence-corrected chi connectivity index (χ2v) is 14.5. The molecule has 0 aliphatic rings. The quantitative estimate of drug-likeness (QED) is 0.0421. The number of carboxylic acids is 1. The third kappa shape index (κ3) is 22.1. The smallest absolute Gasteiger partial charge is 0.379 e. The van der Waals surface area contributed by atoms with E-state index in [0.29, 0.717) is 69.0 Å². The Hall–Kier alpha value is -8.35. The molecule has 4 aromatic heterocycles. The lowest BCUT2D eigenvalue weighted by atomic mass is 10.2. The molecule has 1 amide bonds. The molecule has 0 saturated carbocycles. The second-order valence-electron chi connectivity index (χ2n) is 14.5. The van der Waals surface area contributed by atoms with E-state index in [2.05, 4.69) is 35.1 Å². The van der Waals surface area contributed by atoms with E-state index in [1.165, 1.54) is 36.1 Å². The van der Waals surface area contributed by atoms with Crippen LogP contribution in [0.3, 0.4) is 0 Å². The predicted octanol–water partition coefficient (Wildman–Crippen LogP) is 4.86. The number of fused-ring (bicyclic) bond motifs is 1. The van der Waals surface area contributed by atoms with Crippen LogP contribution >= 0.6 is 0 Å². The summed E-state index contributed by atoms with van der Waals surface area (Å²) >= 11 is 0. The number of oxazole rings is 1. The molecule has 0 radical (unpaired) electrons. The Morgan fingerprint density at radius 3 is 1.63 bits per heavy atom. The Labute approximate surface area is 421 Å². The molecule has 6 aromatic rings. The minimum atomic E-state index is -0.969. The van der Waals surface area contributed by atoms with Crippen LogP contribution < -0.4 is 5.32 Å². The van der Waals surface area contributed by atoms with Crippen molar-refractivity contribution in [2.75, 3.05) is 80.4 Å². The molecule has 2 N–H and O–H groups in total. The number of amides is 1. The monoisotopic (exact) mass is 1020 g/mol. The first-order valence-corrected chi connectivity index (χ1v) is 22.5. The maximum atomic E-state index is 12.5. The first kappa shape index (κ1) is 60.8. The summed E-state index contributed by atoms with van der Waals surface area (Å²) in [4.78, 5) is 82.3. The molecule has 394 valence electrons. The Morgan fingerprint density at radius 2 is 1.15 bits per heavy atom. The minimum Gasteiger partial charge on any atom is -0.477 e. The molecule has 0 atom stereocenters. The molecule has 0 spiro atoms. The van der Waals surface area contributed by atoms with Crippen molar-refractivity contribution in [2.45, 2.75) is 47.3 Å². The number of methoxy groups -OCH3 is 3. The molecule has 2 aromatic carbocycles. The maximum absolute atomic E-state index is 12.5. The summed E-state index contributed by atoms with van der Waals surface area (Å²) in [7, 11) is 8.29. The number of carboxylic acid groups (broad SMARTS) is 1. The summed E-state index contributed by atoms with van der Waals surface area (Å²) in [5, 5.41) is 23.5. The third-order valence-electron chi connectivity index (χ3n) is 8.85. The lowest BCUT2D eigenvalue weighted by molar-refractivity contribution is -0.152. The largest absolute Gasteiger partial charge is 0.477 e. The number of ether oxygens (including phenoxy) is 6. The SMILES string of the molecule is CCOC(=O)C(=O)/C=C/N(C)C.CCOC(=O)C(C)=O.CCOC(=O)c1ccnn1CCOC.COCCn1nccc1C(=O)Nc1ccc(-c2nc3ccccc3o2)cc1.COCCn1nccc1C(=O)O. The van der Waals surface area contributed by atoms with Crippen molar-refractivity contribution in [3.63, 3.8) is 0 Å². The van der Waals surface area contributed by atoms with Crippen LogP contribution in [0.15, 0.2) is 102 Å². The topological polar surface area (TPSA) is 290 Å². The van der Waals surface area contributed by atoms with Crippen molar-refractivity contribution in [1.29, 1.82) is 0 Å². The number of nitrogens with one attached hydrogen (secondary N) is 1. The van der Waals surface area contributed by atoms with E-state index in [9.17, 15) is 33.6 Å². The summed E-state index contributed by atoms with van der Waals surface area (Å²) in [6, 6.07) is 19.7. The number of rotatable bonds is 21. The van der Waals surface area contributed by atoms with Crippen LogP contribution in [-0.4, -0.2) is 161 Å². The summed E-state index contributed by atoms with van der Waals surface area (Å²) < 4.78 is 38.7. The number of hydrogen-bond acceptors (Lipinski definition) is 19. The van der Waals surface area contributed by atoms with E-state index in [-0.39, 0.29) is 30.8 Å². The van der Waals surface area contributed by atoms with Gasteiger partial charge < -0.3 is 48.2 Å². The molecule has 24 nitrogen and oxygen atoms in total. The number of carbonyl (C=O) groups excluding carboxylic acids is 6. The van der Waals surface area contributed by atoms with Crippen molar-refractivity contribution < 1.29 is 71.5 Å². The lowest BCUT2D eigenvalue weighted by Gasteiger charge is -2.08. The fourth-order valence-electron chi connectivity index (χ4n) is 5.43. The summed E-state index contributed by atoms with van der Waals surface area (Å²) in [6.07, 6.45) is 7.30. The molecule has 0 unspecified atom stereocenters. The van der Waals surface area contributed by atoms with Crippen molar-refractivity contribution in [2.24, 2.45) is 0 Å². The fourth-order valence-corrected chi connectivity index (χ4v) is 5.43. The van der Waals surface area contributed by atoms with Crippen molar-refractivity contribution in [3.8, 4) is 11.5 Å². The van der Waals surface area contributed by atoms with Gasteiger partial charge in [0.25, 0.3) is 11.7 Å². The van der Waals surface area contributed by atoms with E-state index < -0.39 is 29.5 Å². The van der Waals surface area contributed by atoms with Gasteiger partial charge in [-0.25, -0.2) is 24.2 Å². The minimum absolute atomic E-state index is 0.187. The van der Waals surface area contributed by atoms with Gasteiger partial charge in [-0.05, 0) is 75.4 Å². The normalized spacial score (nSPS) is 10.2. The van der Waals surface area contributed by atoms with Crippen LogP contribution in [0, 0.1) is 0 Å². The molecule has 0 bridgehead atoms. The van der Waals surface area contributed by atoms with Gasteiger partial charge in [-0.1, -0.05) is 12.1 Å². The highest BCUT2D eigenvalue weighted by molar-refractivity contribution is 6.38. The Morgan fingerprint density at radius 1 is 0.658 bits per heavy atom. The number of anilines is 1. The average molecular weight is 1020 g/mol. The van der Waals surface area contributed by atoms with Crippen LogP contribution in [0.4, 0.5) is 5.69 Å². The number of para-hydroxylation sites is 2. The first-order chi connectivity index (χ1) is 35.0. The van der Waals surface area contributed by atoms with Crippen LogP contribution in [0.1, 0.15) is 59.2 Å². The van der Waals surface area contributed by atoms with Crippen molar-refractivity contribution >= 4 is 58.1 Å². The van der Waals surface area contributed by atoms with Crippen molar-refractivity contribution in [3.05, 3.63) is 115 Å². The number of aromatic carboxylic acids is 1. The highest BCUT2D eigenvalue weighted by Crippen LogP contribution is 2.25. The van der Waals surface area contributed by atoms with Gasteiger partial charge in [-0.15, -0.1) is 0 Å². The number of benzene rings is 2. The summed E-state index contributed by atoms with van der Waals surface area (Å²) in [5.74, 6) is -3.74. The van der Waals surface area contributed by atoms with Gasteiger partial charge in [0.1, 0.15) is 22.6 Å². The Kier molecular flexibility index (Phi) is 28.4. The molecule has 0 aliphatic carbocycles. The zero-order valence-corrected chi connectivity index (χ0v) is 42.3. The predicted molar refractivity (Wildman–Crippen MR) is 264 cm³/mol. The third-order valence-corrected chi connectivity index (χ3v) is 8.85. The molecule has 0 saturated heterocycles. The highest BCUT2D eigenvalue weighted by Gasteiger charge is 2.15. The van der Waals surface area contributed by atoms with Gasteiger partial charge in [0, 0.05) is 84.5 Å². The molecule has 0 aliphatic heterocycles. The van der Waals surface area contributed by atoms with Gasteiger partial charge in [0.2, 0.25) is 11.7 Å². The van der Waals surface area contributed by atoms with E-state index in [1.807, 2.05) is 48.5 Å². The van der Waals surface area contributed by atoms with Gasteiger partial charge in [0.15, 0.2) is 5.58 Å². The molecular formula is C49H63N9O15. The molecule has 4 heterocycles. The van der Waals surface area contributed by atoms with Crippen LogP contribution in [0.2, 0.25) is 0 Å². The van der Waals surface area contributed by atoms with E-state index in [4.69, 9.17) is 28.5 Å². The molecule has 0 fully saturated rings. The van der Waals surface area contributed by atoms with Gasteiger partial charge in [0.05, 0.1) is 59.3 Å². The van der Waals surface area contributed by atoms with Gasteiger partial charge in [-0.2, -0.15) is 15.3 Å². The molecule has 73 heavy (non-hydrogen) atoms. The van der Waals surface area contributed by atoms with E-state index in [1.54, 1.807) is 95.0 Å². The van der Waals surface area contributed by atoms with E-state index in [0.717, 1.165) is 16.7 Å². The highest BCUT2D eigenvalue weighted by atomic mass is 16.5. The maximum Gasteiger partial charge on any atom is 0.379 e. The average Bonchev–Trinajstić information content (AvgIpc) is 4.22. The number of Topliss-reactive ketones (excluding diaryl/α,β-unsaturated/α-hetero) is 1. The standard InChI is InChI=1S/C20H18N4O3.C9H14N2O3.C8H13NO3.C7H10N2O3.C5H8O3/c1-26-13-12-24-17(10-11-21-24)19(25)22-15-8-6-14(7-9-15)20-23-16-4-2-3-5-18(16)27-20;1-3-14-9(12)8-4-5-10-11(8)6-7-13-2;1-4-12-8(11)7(10)5-6-9(2)3;1-12-5-4-9-6(7(10)11)2-3-8-9;1-3-8-5(7)4(2)6/h2-11H,12-13H2,1H3,(H,22,25);4-5H,3,6-7H2,1-2H3;5-6H,4H2,1-3H3;2-3H,4-5H2,1H3,(H,10,11);3H2,1-2H3/b;;6-5+;;. The number of hydrogen-bond donors (Lipinski definition) is 2. The zero-order chi connectivity index (χ0) is 54.1. The summed E-state index contributed by atoms with van der Waals surface area (Å²) in [5.41, 5.74) is 4.21. The van der Waals surface area contributed by atoms with Crippen LogP contribution in [-0.2, 0) is 67.2 Å². The number of nitrogens with zero attached hydrogens (tertiary/aromatic N) is 8. The number of carbonyl (C=O) groups is 7. The van der Waals surface area contributed by atoms with Gasteiger partial charge >= 0.3 is 23.9 Å². The number of ketones is 2. The second kappa shape index (κ2) is 34.1. The lowest BCUT2D eigenvalue weighted by Crippen LogP contribution is -2.19. The van der Waals surface area contributed by atoms with Crippen molar-refractivity contribution in [1.82, 2.24) is 39.2 Å². The molecule has 6 rings (SSSR count). The fraction of sp³-hybridized carbons (Fsp3) is 0.367. The van der Waals surface area contributed by atoms with Crippen LogP contribution in [0.5, 0.6) is 0 Å². The molecular weight excluding hydrogens is 955 g/mol. The Balaban J connectivity index is 0.000000339. The van der Waals surface area contributed by atoms with E-state index >= 15 is 0 Å². The van der Waals surface area contributed by atoms with Crippen LogP contribution in [0.25, 0.3) is 22.6 Å². The number of aromatic nitrogens is 7. The Bertz CT molecular complexity index is 2630. The summed E-state index contributed by atoms with van der Waals surface area (Å²) in [6.45, 7) is 10.1. The first-order valence-electron chi connectivity index (χ1n) is 22.5. The van der Waals surface area contributed by atoms with Gasteiger partial charge in [-0.3, -0.25) is 28.4 Å².